The third-order valence-electron chi connectivity index (χ3n) is 4.00. The van der Waals surface area contributed by atoms with Gasteiger partial charge in [-0.1, -0.05) is 67.4 Å². The topological polar surface area (TPSA) is 12.0 Å². The second kappa shape index (κ2) is 6.91. The Morgan fingerprint density at radius 2 is 1.33 bits per heavy atom. The zero-order valence-electron chi connectivity index (χ0n) is 13.9. The Kier molecular flexibility index (Phi) is 5.19. The predicted molar refractivity (Wildman–Crippen MR) is 91.7 cm³/mol. The minimum absolute atomic E-state index is 0.368. The van der Waals surface area contributed by atoms with Crippen LogP contribution in [0.5, 0.6) is 0 Å². The summed E-state index contributed by atoms with van der Waals surface area (Å²) in [6, 6.07) is 16.1. The fourth-order valence-electron chi connectivity index (χ4n) is 2.73. The van der Waals surface area contributed by atoms with E-state index in [4.69, 9.17) is 0 Å². The maximum atomic E-state index is 3.62. The van der Waals surface area contributed by atoms with Crippen molar-refractivity contribution < 1.29 is 0 Å². The molecule has 0 amide bonds. The fourth-order valence-corrected chi connectivity index (χ4v) is 2.73. The maximum absolute atomic E-state index is 3.62. The summed E-state index contributed by atoms with van der Waals surface area (Å²) in [4.78, 5) is 0. The molecule has 21 heavy (non-hydrogen) atoms. The van der Waals surface area contributed by atoms with Gasteiger partial charge in [0.15, 0.2) is 0 Å². The fraction of sp³-hybridized carbons (Fsp3) is 0.400. The van der Waals surface area contributed by atoms with Gasteiger partial charge in [0.25, 0.3) is 0 Å². The molecule has 1 unspecified atom stereocenters. The van der Waals surface area contributed by atoms with E-state index in [0.717, 1.165) is 6.54 Å². The van der Waals surface area contributed by atoms with Gasteiger partial charge in [0.05, 0.1) is 0 Å². The maximum Gasteiger partial charge on any atom is 0.0294 e. The van der Waals surface area contributed by atoms with Gasteiger partial charge >= 0.3 is 0 Å². The molecule has 0 aromatic heterocycles. The van der Waals surface area contributed by atoms with Gasteiger partial charge in [0.1, 0.15) is 0 Å². The van der Waals surface area contributed by atoms with Crippen molar-refractivity contribution in [2.75, 3.05) is 0 Å². The summed E-state index contributed by atoms with van der Waals surface area (Å²) in [5.41, 5.74) is 6.78. The second-order valence-electron chi connectivity index (χ2n) is 6.42. The van der Waals surface area contributed by atoms with Gasteiger partial charge in [0.2, 0.25) is 0 Å². The summed E-state index contributed by atoms with van der Waals surface area (Å²) in [6.07, 6.45) is 0. The average Bonchev–Trinajstić information content (AvgIpc) is 2.44. The van der Waals surface area contributed by atoms with E-state index in [1.807, 2.05) is 0 Å². The summed E-state index contributed by atoms with van der Waals surface area (Å²) in [7, 11) is 0. The van der Waals surface area contributed by atoms with E-state index in [0.29, 0.717) is 12.0 Å². The van der Waals surface area contributed by atoms with Crippen LogP contribution in [0.15, 0.2) is 42.5 Å². The van der Waals surface area contributed by atoms with Crippen LogP contribution in [0.4, 0.5) is 0 Å². The van der Waals surface area contributed by atoms with E-state index in [-0.39, 0.29) is 0 Å². The highest BCUT2D eigenvalue weighted by molar-refractivity contribution is 5.29. The first-order chi connectivity index (χ1) is 9.95. The lowest BCUT2D eigenvalue weighted by Gasteiger charge is -2.16. The molecule has 0 heterocycles. The SMILES string of the molecule is Cc1cc(C)cc(CNC(C)c2ccc(C(C)C)cc2)c1. The monoisotopic (exact) mass is 281 g/mol. The van der Waals surface area contributed by atoms with Crippen molar-refractivity contribution in [2.45, 2.75) is 53.1 Å². The van der Waals surface area contributed by atoms with Crippen molar-refractivity contribution >= 4 is 0 Å². The standard InChI is InChI=1S/C20H27N/c1-14(2)19-6-8-20(9-7-19)17(5)21-13-18-11-15(3)10-16(4)12-18/h6-12,14,17,21H,13H2,1-5H3. The molecule has 0 aliphatic carbocycles. The zero-order valence-corrected chi connectivity index (χ0v) is 13.9. The Bertz CT molecular complexity index is 561. The predicted octanol–water partition coefficient (Wildman–Crippen LogP) is 5.28. The van der Waals surface area contributed by atoms with Gasteiger partial charge in [-0.15, -0.1) is 0 Å². The lowest BCUT2D eigenvalue weighted by molar-refractivity contribution is 0.574. The van der Waals surface area contributed by atoms with Crippen LogP contribution in [0.1, 0.15) is 60.5 Å². The van der Waals surface area contributed by atoms with Crippen LogP contribution < -0.4 is 5.32 Å². The van der Waals surface area contributed by atoms with Gasteiger partial charge in [-0.05, 0) is 43.4 Å². The first kappa shape index (κ1) is 15.8. The summed E-state index contributed by atoms with van der Waals surface area (Å²) in [5, 5.41) is 3.62. The third-order valence-corrected chi connectivity index (χ3v) is 4.00. The van der Waals surface area contributed by atoms with Crippen molar-refractivity contribution in [3.63, 3.8) is 0 Å². The Balaban J connectivity index is 1.99. The molecule has 1 nitrogen and oxygen atoms in total. The molecule has 2 aromatic rings. The molecular formula is C20H27N. The minimum Gasteiger partial charge on any atom is -0.306 e. The minimum atomic E-state index is 0.368. The first-order valence-corrected chi connectivity index (χ1v) is 7.86. The number of rotatable bonds is 5. The van der Waals surface area contributed by atoms with E-state index < -0.39 is 0 Å². The van der Waals surface area contributed by atoms with E-state index in [1.165, 1.54) is 27.8 Å². The Labute approximate surface area is 129 Å². The van der Waals surface area contributed by atoms with Gasteiger partial charge in [-0.3, -0.25) is 0 Å². The van der Waals surface area contributed by atoms with E-state index in [2.05, 4.69) is 82.4 Å². The van der Waals surface area contributed by atoms with E-state index in [1.54, 1.807) is 0 Å². The Morgan fingerprint density at radius 1 is 0.810 bits per heavy atom. The Morgan fingerprint density at radius 3 is 1.86 bits per heavy atom. The molecule has 0 aliphatic rings. The highest BCUT2D eigenvalue weighted by Crippen LogP contribution is 2.19. The molecule has 1 heteroatoms. The smallest absolute Gasteiger partial charge is 0.0294 e. The number of hydrogen-bond donors (Lipinski definition) is 1. The van der Waals surface area contributed by atoms with Crippen LogP contribution in [0.2, 0.25) is 0 Å². The van der Waals surface area contributed by atoms with Crippen LogP contribution in [-0.4, -0.2) is 0 Å². The molecule has 0 spiro atoms. The quantitative estimate of drug-likeness (QED) is 0.786. The summed E-state index contributed by atoms with van der Waals surface area (Å²) in [6.45, 7) is 11.9. The number of benzene rings is 2. The normalized spacial score (nSPS) is 12.7. The van der Waals surface area contributed by atoms with Gasteiger partial charge < -0.3 is 5.32 Å². The Hall–Kier alpha value is -1.60. The van der Waals surface area contributed by atoms with Crippen LogP contribution in [0.25, 0.3) is 0 Å². The summed E-state index contributed by atoms with van der Waals surface area (Å²) in [5.74, 6) is 0.595. The van der Waals surface area contributed by atoms with Gasteiger partial charge in [0, 0.05) is 12.6 Å². The van der Waals surface area contributed by atoms with Crippen molar-refractivity contribution in [2.24, 2.45) is 0 Å². The van der Waals surface area contributed by atoms with Gasteiger partial charge in [-0.25, -0.2) is 0 Å². The third kappa shape index (κ3) is 4.44. The van der Waals surface area contributed by atoms with Crippen LogP contribution in [-0.2, 0) is 6.54 Å². The first-order valence-electron chi connectivity index (χ1n) is 7.86. The molecule has 2 aromatic carbocycles. The average molecular weight is 281 g/mol. The molecule has 1 atom stereocenters. The van der Waals surface area contributed by atoms with Gasteiger partial charge in [-0.2, -0.15) is 0 Å². The summed E-state index contributed by atoms with van der Waals surface area (Å²) < 4.78 is 0. The molecular weight excluding hydrogens is 254 g/mol. The van der Waals surface area contributed by atoms with Crippen molar-refractivity contribution in [1.29, 1.82) is 0 Å². The van der Waals surface area contributed by atoms with E-state index in [9.17, 15) is 0 Å². The largest absolute Gasteiger partial charge is 0.306 e. The second-order valence-corrected chi connectivity index (χ2v) is 6.42. The van der Waals surface area contributed by atoms with Crippen molar-refractivity contribution in [3.05, 3.63) is 70.3 Å². The highest BCUT2D eigenvalue weighted by atomic mass is 14.9. The van der Waals surface area contributed by atoms with Crippen LogP contribution in [0.3, 0.4) is 0 Å². The number of hydrogen-bond acceptors (Lipinski definition) is 1. The highest BCUT2D eigenvalue weighted by Gasteiger charge is 2.06. The molecule has 0 saturated carbocycles. The molecule has 0 saturated heterocycles. The van der Waals surface area contributed by atoms with Crippen molar-refractivity contribution in [1.82, 2.24) is 5.32 Å². The molecule has 112 valence electrons. The van der Waals surface area contributed by atoms with Crippen LogP contribution >= 0.6 is 0 Å². The summed E-state index contributed by atoms with van der Waals surface area (Å²) >= 11 is 0. The van der Waals surface area contributed by atoms with Crippen molar-refractivity contribution in [3.8, 4) is 0 Å². The van der Waals surface area contributed by atoms with Crippen LogP contribution in [0, 0.1) is 13.8 Å². The lowest BCUT2D eigenvalue weighted by Crippen LogP contribution is -2.18. The zero-order chi connectivity index (χ0) is 15.4. The number of aryl methyl sites for hydroxylation is 2. The molecule has 0 fully saturated rings. The molecule has 0 aliphatic heterocycles. The molecule has 0 bridgehead atoms. The number of nitrogens with one attached hydrogen (secondary N) is 1. The molecule has 1 N–H and O–H groups in total. The molecule has 2 rings (SSSR count). The lowest BCUT2D eigenvalue weighted by atomic mass is 9.99. The van der Waals surface area contributed by atoms with E-state index >= 15 is 0 Å². The molecule has 0 radical (unpaired) electrons.